The first-order chi connectivity index (χ1) is 9.67. The third-order valence-electron chi connectivity index (χ3n) is 3.15. The molecule has 0 radical (unpaired) electrons. The summed E-state index contributed by atoms with van der Waals surface area (Å²) >= 11 is 6.65. The molecule has 0 bridgehead atoms. The predicted molar refractivity (Wildman–Crippen MR) is 80.6 cm³/mol. The molecule has 2 aromatic rings. The van der Waals surface area contributed by atoms with Crippen LogP contribution in [0.5, 0.6) is 0 Å². The molecule has 0 amide bonds. The van der Waals surface area contributed by atoms with Crippen molar-refractivity contribution < 1.29 is 9.59 Å². The normalized spacial score (nSPS) is 13.1. The predicted octanol–water partition coefficient (Wildman–Crippen LogP) is 3.04. The largest absolute Gasteiger partial charge is 0.287 e. The second kappa shape index (κ2) is 5.18. The van der Waals surface area contributed by atoms with E-state index in [9.17, 15) is 9.59 Å². The van der Waals surface area contributed by atoms with Gasteiger partial charge in [0.2, 0.25) is 11.6 Å². The van der Waals surface area contributed by atoms with Crippen molar-refractivity contribution in [2.75, 3.05) is 0 Å². The fourth-order valence-electron chi connectivity index (χ4n) is 2.17. The molecule has 0 spiro atoms. The summed E-state index contributed by atoms with van der Waals surface area (Å²) in [5.41, 5.74) is 2.42. The minimum absolute atomic E-state index is 0.146. The summed E-state index contributed by atoms with van der Waals surface area (Å²) in [7, 11) is 0. The van der Waals surface area contributed by atoms with E-state index < -0.39 is 0 Å². The molecule has 6 heteroatoms. The Kier molecular flexibility index (Phi) is 3.52. The summed E-state index contributed by atoms with van der Waals surface area (Å²) in [5, 5.41) is 0.967. The molecular weight excluding hydrogens is 388 g/mol. The van der Waals surface area contributed by atoms with Crippen LogP contribution >= 0.6 is 31.9 Å². The average Bonchev–Trinajstić information content (AvgIpc) is 2.51. The van der Waals surface area contributed by atoms with Crippen LogP contribution in [-0.4, -0.2) is 21.5 Å². The Bertz CT molecular complexity index is 682. The summed E-state index contributed by atoms with van der Waals surface area (Å²) in [6, 6.07) is 6.76. The highest BCUT2D eigenvalue weighted by Gasteiger charge is 2.32. The first-order valence-corrected chi connectivity index (χ1v) is 8.11. The van der Waals surface area contributed by atoms with E-state index in [4.69, 9.17) is 0 Å². The second-order valence-electron chi connectivity index (χ2n) is 4.29. The topological polar surface area (TPSA) is 59.9 Å². The molecule has 4 nitrogen and oxygen atoms in total. The van der Waals surface area contributed by atoms with Crippen LogP contribution in [0.4, 0.5) is 0 Å². The summed E-state index contributed by atoms with van der Waals surface area (Å²) in [5.74, 6) is -0.489. The summed E-state index contributed by atoms with van der Waals surface area (Å²) in [6.07, 6.45) is 0. The first-order valence-electron chi connectivity index (χ1n) is 5.87. The minimum atomic E-state index is -0.244. The van der Waals surface area contributed by atoms with Gasteiger partial charge < -0.3 is 0 Å². The highest BCUT2D eigenvalue weighted by molar-refractivity contribution is 9.09. The van der Waals surface area contributed by atoms with Crippen LogP contribution in [0.3, 0.4) is 0 Å². The Balaban J connectivity index is 2.28. The Morgan fingerprint density at radius 3 is 1.55 bits per heavy atom. The lowest BCUT2D eigenvalue weighted by molar-refractivity contribution is 0.0971. The van der Waals surface area contributed by atoms with Gasteiger partial charge in [0.25, 0.3) is 0 Å². The molecule has 1 aliphatic carbocycles. The Labute approximate surface area is 131 Å². The fraction of sp³-hybridized carbons (Fsp3) is 0.143. The van der Waals surface area contributed by atoms with Gasteiger partial charge in [-0.2, -0.15) is 0 Å². The molecule has 0 saturated heterocycles. The van der Waals surface area contributed by atoms with Gasteiger partial charge in [-0.1, -0.05) is 56.1 Å². The van der Waals surface area contributed by atoms with Crippen LogP contribution in [0.1, 0.15) is 43.5 Å². The number of benzene rings is 1. The monoisotopic (exact) mass is 394 g/mol. The Morgan fingerprint density at radius 1 is 0.800 bits per heavy atom. The van der Waals surface area contributed by atoms with E-state index >= 15 is 0 Å². The molecule has 0 atom stereocenters. The average molecular weight is 396 g/mol. The molecule has 1 aromatic carbocycles. The Hall–Kier alpha value is -1.40. The number of hydrogen-bond acceptors (Lipinski definition) is 4. The zero-order valence-corrected chi connectivity index (χ0v) is 13.4. The maximum atomic E-state index is 12.4. The molecule has 0 aliphatic heterocycles. The number of hydrogen-bond donors (Lipinski definition) is 0. The number of alkyl halides is 2. The van der Waals surface area contributed by atoms with Gasteiger partial charge >= 0.3 is 0 Å². The van der Waals surface area contributed by atoms with Crippen LogP contribution in [0.15, 0.2) is 24.3 Å². The molecule has 100 valence electrons. The van der Waals surface area contributed by atoms with Crippen LogP contribution in [0, 0.1) is 0 Å². The maximum Gasteiger partial charge on any atom is 0.214 e. The van der Waals surface area contributed by atoms with Gasteiger partial charge in [-0.15, -0.1) is 0 Å². The van der Waals surface area contributed by atoms with Gasteiger partial charge in [0, 0.05) is 21.8 Å². The quantitative estimate of drug-likeness (QED) is 0.625. The number of rotatable bonds is 2. The van der Waals surface area contributed by atoms with Crippen molar-refractivity contribution in [2.45, 2.75) is 10.7 Å². The molecule has 20 heavy (non-hydrogen) atoms. The lowest BCUT2D eigenvalue weighted by atomic mass is 9.89. The molecule has 0 fully saturated rings. The highest BCUT2D eigenvalue weighted by atomic mass is 79.9. The molecule has 3 rings (SSSR count). The first kappa shape index (κ1) is 13.6. The number of nitrogens with zero attached hydrogens (tertiary/aromatic N) is 2. The van der Waals surface area contributed by atoms with Gasteiger partial charge in [0.1, 0.15) is 11.4 Å². The summed E-state index contributed by atoms with van der Waals surface area (Å²) in [4.78, 5) is 33.5. The van der Waals surface area contributed by atoms with Gasteiger partial charge in [0.15, 0.2) is 0 Å². The number of fused-ring (bicyclic) bond motifs is 2. The van der Waals surface area contributed by atoms with Crippen LogP contribution in [-0.2, 0) is 10.7 Å². The smallest absolute Gasteiger partial charge is 0.214 e. The van der Waals surface area contributed by atoms with E-state index in [1.54, 1.807) is 24.3 Å². The van der Waals surface area contributed by atoms with E-state index in [0.717, 1.165) is 0 Å². The lowest BCUT2D eigenvalue weighted by Gasteiger charge is -2.17. The Morgan fingerprint density at radius 2 is 1.20 bits per heavy atom. The van der Waals surface area contributed by atoms with Crippen LogP contribution in [0.25, 0.3) is 0 Å². The maximum absolute atomic E-state index is 12.4. The number of ketones is 2. The molecule has 0 unspecified atom stereocenters. The number of carbonyl (C=O) groups excluding carboxylic acids is 2. The number of aromatic nitrogens is 2. The zero-order chi connectivity index (χ0) is 14.3. The fourth-order valence-corrected chi connectivity index (χ4v) is 3.07. The SMILES string of the molecule is O=C1c2ccccc2C(=O)c2nc(CBr)c(CBr)nc21. The van der Waals surface area contributed by atoms with E-state index in [-0.39, 0.29) is 23.0 Å². The standard InChI is InChI=1S/C14H8Br2N2O2/c15-5-9-10(6-16)18-12-11(17-9)13(19)7-3-1-2-4-8(7)14(12)20/h1-4H,5-6H2. The van der Waals surface area contributed by atoms with E-state index in [1.807, 2.05) is 0 Å². The molecule has 1 aromatic heterocycles. The van der Waals surface area contributed by atoms with Crippen LogP contribution < -0.4 is 0 Å². The minimum Gasteiger partial charge on any atom is -0.287 e. The van der Waals surface area contributed by atoms with Gasteiger partial charge in [-0.05, 0) is 0 Å². The van der Waals surface area contributed by atoms with Crippen molar-refractivity contribution in [1.29, 1.82) is 0 Å². The van der Waals surface area contributed by atoms with E-state index in [1.165, 1.54) is 0 Å². The molecule has 1 aliphatic rings. The molecular formula is C14H8Br2N2O2. The zero-order valence-electron chi connectivity index (χ0n) is 10.2. The molecule has 0 N–H and O–H groups in total. The van der Waals surface area contributed by atoms with Crippen molar-refractivity contribution in [3.63, 3.8) is 0 Å². The van der Waals surface area contributed by atoms with Gasteiger partial charge in [-0.3, -0.25) is 9.59 Å². The van der Waals surface area contributed by atoms with Crippen molar-refractivity contribution >= 4 is 43.4 Å². The number of carbonyl (C=O) groups is 2. The van der Waals surface area contributed by atoms with Crippen molar-refractivity contribution in [1.82, 2.24) is 9.97 Å². The van der Waals surface area contributed by atoms with Gasteiger partial charge in [0.05, 0.1) is 11.4 Å². The van der Waals surface area contributed by atoms with Crippen molar-refractivity contribution in [3.8, 4) is 0 Å². The third kappa shape index (κ3) is 1.94. The lowest BCUT2D eigenvalue weighted by Crippen LogP contribution is -2.25. The summed E-state index contributed by atoms with van der Waals surface area (Å²) in [6.45, 7) is 0. The molecule has 1 heterocycles. The third-order valence-corrected chi connectivity index (χ3v) is 4.21. The van der Waals surface area contributed by atoms with Crippen LogP contribution in [0.2, 0.25) is 0 Å². The van der Waals surface area contributed by atoms with Crippen molar-refractivity contribution in [3.05, 3.63) is 58.2 Å². The summed E-state index contributed by atoms with van der Waals surface area (Å²) < 4.78 is 0. The number of halogens is 2. The molecule has 0 saturated carbocycles. The van der Waals surface area contributed by atoms with E-state index in [0.29, 0.717) is 33.2 Å². The second-order valence-corrected chi connectivity index (χ2v) is 5.41. The van der Waals surface area contributed by atoms with E-state index in [2.05, 4.69) is 41.8 Å². The highest BCUT2D eigenvalue weighted by Crippen LogP contribution is 2.26. The van der Waals surface area contributed by atoms with Gasteiger partial charge in [-0.25, -0.2) is 9.97 Å². The van der Waals surface area contributed by atoms with Crippen molar-refractivity contribution in [2.24, 2.45) is 0 Å².